The molecule has 1 rings (SSSR count). The molecule has 1 aliphatic carbocycles. The third kappa shape index (κ3) is 3.82. The topological polar surface area (TPSA) is 51.2 Å². The van der Waals surface area contributed by atoms with Gasteiger partial charge in [-0.05, 0) is 12.0 Å². The molecule has 0 N–H and O–H groups in total. The lowest BCUT2D eigenvalue weighted by Crippen LogP contribution is -2.01. The fourth-order valence-corrected chi connectivity index (χ4v) is 0.467. The van der Waals surface area contributed by atoms with Gasteiger partial charge < -0.3 is 0 Å². The molecule has 0 aliphatic heterocycles. The first-order valence-corrected chi connectivity index (χ1v) is 2.86. The first-order chi connectivity index (χ1) is 5.22. The Morgan fingerprint density at radius 2 is 2.09 bits per heavy atom. The minimum atomic E-state index is -0.361. The number of allylic oxidation sites excluding steroid dienone is 2. The molecule has 1 aliphatic rings. The molecule has 0 saturated carbocycles. The van der Waals surface area contributed by atoms with E-state index in [2.05, 4.69) is 6.42 Å². The molecule has 0 spiro atoms. The average Bonchev–Trinajstić information content (AvgIpc) is 2.37. The molecule has 0 aromatic rings. The number of aldehydes is 1. The van der Waals surface area contributed by atoms with Gasteiger partial charge in [-0.15, -0.1) is 6.42 Å². The van der Waals surface area contributed by atoms with Crippen LogP contribution in [0.5, 0.6) is 0 Å². The third-order valence-corrected chi connectivity index (χ3v) is 0.915. The minimum Gasteiger partial charge on any atom is -0.290 e. The van der Waals surface area contributed by atoms with Crippen LogP contribution in [0.15, 0.2) is 12.2 Å². The summed E-state index contributed by atoms with van der Waals surface area (Å²) in [6.07, 6.45) is 8.00. The quantitative estimate of drug-likeness (QED) is 0.275. The molecule has 0 aromatic heterocycles. The summed E-state index contributed by atoms with van der Waals surface area (Å²) in [5, 5.41) is 0. The second-order valence-corrected chi connectivity index (χ2v) is 1.68. The Kier molecular flexibility index (Phi) is 4.34. The molecular weight excluding hydrogens is 144 g/mol. The lowest BCUT2D eigenvalue weighted by molar-refractivity contribution is -0.132. The fraction of sp³-hybridized carbons (Fsp3) is 0.125. The molecule has 0 heterocycles. The van der Waals surface area contributed by atoms with Crippen LogP contribution in [0.25, 0.3) is 0 Å². The largest absolute Gasteiger partial charge is 0.290 e. The lowest BCUT2D eigenvalue weighted by atomic mass is 10.3. The van der Waals surface area contributed by atoms with E-state index in [-0.39, 0.29) is 11.6 Å². The number of Topliss-reactive ketones (excluding diaryl/α,β-unsaturated/α-hetero) is 1. The van der Waals surface area contributed by atoms with Crippen LogP contribution < -0.4 is 0 Å². The molecule has 0 bridgehead atoms. The Hall–Kier alpha value is -1.69. The van der Waals surface area contributed by atoms with Crippen molar-refractivity contribution in [1.82, 2.24) is 0 Å². The summed E-state index contributed by atoms with van der Waals surface area (Å²) in [5.41, 5.74) is 0. The second kappa shape index (κ2) is 5.12. The summed E-state index contributed by atoms with van der Waals surface area (Å²) in [6, 6.07) is 0. The Labute approximate surface area is 64.1 Å². The maximum atomic E-state index is 10.2. The van der Waals surface area contributed by atoms with Crippen LogP contribution in [-0.2, 0) is 14.4 Å². The minimum absolute atomic E-state index is 0.292. The predicted molar refractivity (Wildman–Crippen MR) is 38.7 cm³/mol. The maximum Gasteiger partial charge on any atom is 0.221 e. The van der Waals surface area contributed by atoms with E-state index in [1.165, 1.54) is 6.08 Å². The van der Waals surface area contributed by atoms with Crippen molar-refractivity contribution in [3.05, 3.63) is 12.2 Å². The van der Waals surface area contributed by atoms with E-state index in [1.807, 2.05) is 0 Å². The molecule has 0 unspecified atom stereocenters. The van der Waals surface area contributed by atoms with Gasteiger partial charge >= 0.3 is 0 Å². The Morgan fingerprint density at radius 1 is 1.55 bits per heavy atom. The SMILES string of the molecule is C#CC=O.O=C1C=CCC1=O. The van der Waals surface area contributed by atoms with Gasteiger partial charge in [-0.2, -0.15) is 0 Å². The van der Waals surface area contributed by atoms with E-state index in [9.17, 15) is 9.59 Å². The summed E-state index contributed by atoms with van der Waals surface area (Å²) in [5.74, 6) is 1.10. The van der Waals surface area contributed by atoms with Gasteiger partial charge in [0, 0.05) is 6.42 Å². The third-order valence-electron chi connectivity index (χ3n) is 0.915. The Bertz CT molecular complexity index is 243. The van der Waals surface area contributed by atoms with Gasteiger partial charge in [-0.3, -0.25) is 14.4 Å². The van der Waals surface area contributed by atoms with Crippen molar-refractivity contribution in [3.8, 4) is 12.3 Å². The number of hydrogen-bond acceptors (Lipinski definition) is 3. The highest BCUT2D eigenvalue weighted by Gasteiger charge is 2.12. The van der Waals surface area contributed by atoms with E-state index in [4.69, 9.17) is 4.79 Å². The first-order valence-electron chi connectivity index (χ1n) is 2.86. The Morgan fingerprint density at radius 3 is 2.18 bits per heavy atom. The maximum absolute atomic E-state index is 10.2. The summed E-state index contributed by atoms with van der Waals surface area (Å²) in [7, 11) is 0. The zero-order valence-corrected chi connectivity index (χ0v) is 5.74. The lowest BCUT2D eigenvalue weighted by Gasteiger charge is -1.73. The second-order valence-electron chi connectivity index (χ2n) is 1.68. The van der Waals surface area contributed by atoms with Crippen molar-refractivity contribution in [2.45, 2.75) is 6.42 Å². The standard InChI is InChI=1S/C5H4O2.C3H2O/c6-4-2-1-3-5(4)7;1-2-3-4/h1-2H,3H2;1,3H. The van der Waals surface area contributed by atoms with Crippen molar-refractivity contribution >= 4 is 17.9 Å². The van der Waals surface area contributed by atoms with Gasteiger partial charge in [0.2, 0.25) is 11.6 Å². The van der Waals surface area contributed by atoms with Crippen molar-refractivity contribution in [1.29, 1.82) is 0 Å². The van der Waals surface area contributed by atoms with Crippen LogP contribution in [0.3, 0.4) is 0 Å². The van der Waals surface area contributed by atoms with E-state index in [1.54, 1.807) is 12.0 Å². The highest BCUT2D eigenvalue weighted by Crippen LogP contribution is 1.97. The molecule has 56 valence electrons. The smallest absolute Gasteiger partial charge is 0.221 e. The van der Waals surface area contributed by atoms with E-state index in [0.717, 1.165) is 0 Å². The number of carbonyl (C=O) groups excluding carboxylic acids is 3. The van der Waals surface area contributed by atoms with Crippen LogP contribution in [0.4, 0.5) is 0 Å². The summed E-state index contributed by atoms with van der Waals surface area (Å²) in [6.45, 7) is 0. The van der Waals surface area contributed by atoms with Crippen LogP contribution in [0.1, 0.15) is 6.42 Å². The average molecular weight is 150 g/mol. The first kappa shape index (κ1) is 9.31. The number of ketones is 2. The summed E-state index contributed by atoms with van der Waals surface area (Å²) in [4.78, 5) is 29.2. The zero-order valence-electron chi connectivity index (χ0n) is 5.74. The number of rotatable bonds is 0. The van der Waals surface area contributed by atoms with Crippen LogP contribution in [0.2, 0.25) is 0 Å². The molecule has 0 saturated heterocycles. The van der Waals surface area contributed by atoms with Gasteiger partial charge in [-0.1, -0.05) is 6.08 Å². The monoisotopic (exact) mass is 150 g/mol. The number of carbonyl (C=O) groups is 3. The number of terminal acetylenes is 1. The molecule has 0 radical (unpaired) electrons. The molecule has 0 aromatic carbocycles. The van der Waals surface area contributed by atoms with Crippen LogP contribution >= 0.6 is 0 Å². The zero-order chi connectivity index (χ0) is 8.69. The van der Waals surface area contributed by atoms with Crippen molar-refractivity contribution in [3.63, 3.8) is 0 Å². The van der Waals surface area contributed by atoms with Crippen molar-refractivity contribution in [2.75, 3.05) is 0 Å². The molecule has 11 heavy (non-hydrogen) atoms. The molecule has 0 atom stereocenters. The van der Waals surface area contributed by atoms with Crippen molar-refractivity contribution in [2.24, 2.45) is 0 Å². The molecule has 3 nitrogen and oxygen atoms in total. The number of hydrogen-bond donors (Lipinski definition) is 0. The summed E-state index contributed by atoms with van der Waals surface area (Å²) < 4.78 is 0. The molecule has 3 heteroatoms. The van der Waals surface area contributed by atoms with E-state index in [0.29, 0.717) is 12.7 Å². The van der Waals surface area contributed by atoms with Crippen molar-refractivity contribution < 1.29 is 14.4 Å². The van der Waals surface area contributed by atoms with E-state index >= 15 is 0 Å². The summed E-state index contributed by atoms with van der Waals surface area (Å²) >= 11 is 0. The van der Waals surface area contributed by atoms with Gasteiger partial charge in [-0.25, -0.2) is 0 Å². The highest BCUT2D eigenvalue weighted by atomic mass is 16.2. The predicted octanol–water partition coefficient (Wildman–Crippen LogP) is -0.0970. The molecular formula is C8H6O3. The molecule has 0 amide bonds. The molecule has 0 fully saturated rings. The Balaban J connectivity index is 0.000000218. The van der Waals surface area contributed by atoms with Gasteiger partial charge in [0.05, 0.1) is 0 Å². The van der Waals surface area contributed by atoms with E-state index < -0.39 is 0 Å². The van der Waals surface area contributed by atoms with Gasteiger partial charge in [0.15, 0.2) is 6.29 Å². The fourth-order valence-electron chi connectivity index (χ4n) is 0.467. The van der Waals surface area contributed by atoms with Gasteiger partial charge in [0.1, 0.15) is 0 Å². The normalized spacial score (nSPS) is 13.4. The van der Waals surface area contributed by atoms with Crippen LogP contribution in [0, 0.1) is 12.3 Å². The highest BCUT2D eigenvalue weighted by molar-refractivity contribution is 6.43. The van der Waals surface area contributed by atoms with Crippen LogP contribution in [-0.4, -0.2) is 17.9 Å². The van der Waals surface area contributed by atoms with Gasteiger partial charge in [0.25, 0.3) is 0 Å².